The van der Waals surface area contributed by atoms with Gasteiger partial charge in [0.1, 0.15) is 5.78 Å². The number of allylic oxidation sites excluding steroid dienone is 1. The predicted octanol–water partition coefficient (Wildman–Crippen LogP) is 2.83. The molecule has 0 saturated carbocycles. The van der Waals surface area contributed by atoms with Crippen molar-refractivity contribution in [3.8, 4) is 0 Å². The summed E-state index contributed by atoms with van der Waals surface area (Å²) in [6.45, 7) is 3.58. The summed E-state index contributed by atoms with van der Waals surface area (Å²) < 4.78 is 0. The van der Waals surface area contributed by atoms with Crippen LogP contribution in [0.5, 0.6) is 0 Å². The van der Waals surface area contributed by atoms with Crippen LogP contribution in [0.15, 0.2) is 30.2 Å². The summed E-state index contributed by atoms with van der Waals surface area (Å²) in [5.74, 6) is 0.303. The minimum atomic E-state index is 0.303. The lowest BCUT2D eigenvalue weighted by Crippen LogP contribution is -1.99. The maximum absolute atomic E-state index is 11.2. The third-order valence-electron chi connectivity index (χ3n) is 1.58. The largest absolute Gasteiger partial charge is 0.299 e. The normalized spacial score (nSPS) is 9.67. The number of rotatable bonds is 5. The lowest BCUT2D eigenvalue weighted by molar-refractivity contribution is -0.118. The number of hydrogen-bond acceptors (Lipinski definition) is 2. The van der Waals surface area contributed by atoms with Gasteiger partial charge in [0.15, 0.2) is 0 Å². The van der Waals surface area contributed by atoms with Crippen LogP contribution in [0.25, 0.3) is 0 Å². The molecule has 1 heterocycles. The Balaban J connectivity index is 2.32. The Labute approximate surface area is 76.7 Å². The summed E-state index contributed by atoms with van der Waals surface area (Å²) in [5.41, 5.74) is 0. The van der Waals surface area contributed by atoms with Gasteiger partial charge in [0.25, 0.3) is 0 Å². The molecule has 1 rings (SSSR count). The second kappa shape index (κ2) is 4.88. The second-order valence-corrected chi connectivity index (χ2v) is 3.65. The molecule has 0 atom stereocenters. The molecule has 12 heavy (non-hydrogen) atoms. The van der Waals surface area contributed by atoms with Crippen LogP contribution in [-0.4, -0.2) is 5.78 Å². The third kappa shape index (κ3) is 3.01. The van der Waals surface area contributed by atoms with Crippen LogP contribution in [0.2, 0.25) is 0 Å². The fourth-order valence-corrected chi connectivity index (χ4v) is 1.69. The molecule has 1 nitrogen and oxygen atoms in total. The SMILES string of the molecule is C=CCCC(=O)Cc1cccs1. The molecule has 2 heteroatoms. The minimum absolute atomic E-state index is 0.303. The van der Waals surface area contributed by atoms with E-state index in [1.54, 1.807) is 17.4 Å². The fourth-order valence-electron chi connectivity index (χ4n) is 0.959. The van der Waals surface area contributed by atoms with Gasteiger partial charge in [-0.25, -0.2) is 0 Å². The highest BCUT2D eigenvalue weighted by Gasteiger charge is 2.02. The second-order valence-electron chi connectivity index (χ2n) is 2.62. The van der Waals surface area contributed by atoms with Crippen molar-refractivity contribution in [1.29, 1.82) is 0 Å². The van der Waals surface area contributed by atoms with Gasteiger partial charge in [0, 0.05) is 17.7 Å². The van der Waals surface area contributed by atoms with E-state index in [9.17, 15) is 4.79 Å². The average Bonchev–Trinajstić information content (AvgIpc) is 2.53. The zero-order valence-corrected chi connectivity index (χ0v) is 7.77. The Hall–Kier alpha value is -0.890. The van der Waals surface area contributed by atoms with Crippen LogP contribution in [0.3, 0.4) is 0 Å². The van der Waals surface area contributed by atoms with Crippen molar-refractivity contribution in [2.24, 2.45) is 0 Å². The molecular formula is C10H12OS. The van der Waals surface area contributed by atoms with E-state index in [4.69, 9.17) is 0 Å². The van der Waals surface area contributed by atoms with E-state index >= 15 is 0 Å². The van der Waals surface area contributed by atoms with Gasteiger partial charge in [-0.1, -0.05) is 12.1 Å². The molecule has 0 aromatic carbocycles. The third-order valence-corrected chi connectivity index (χ3v) is 2.46. The number of hydrogen-bond donors (Lipinski definition) is 0. The summed E-state index contributed by atoms with van der Waals surface area (Å²) in [5, 5.41) is 2.00. The van der Waals surface area contributed by atoms with E-state index in [0.717, 1.165) is 11.3 Å². The molecule has 0 bridgehead atoms. The predicted molar refractivity (Wildman–Crippen MR) is 52.5 cm³/mol. The van der Waals surface area contributed by atoms with Gasteiger partial charge in [0.2, 0.25) is 0 Å². The first-order valence-electron chi connectivity index (χ1n) is 3.98. The number of carbonyl (C=O) groups is 1. The number of Topliss-reactive ketones (excluding diaryl/α,β-unsaturated/α-hetero) is 1. The molecule has 0 aliphatic heterocycles. The van der Waals surface area contributed by atoms with E-state index in [1.807, 2.05) is 17.5 Å². The molecule has 0 spiro atoms. The van der Waals surface area contributed by atoms with Crippen molar-refractivity contribution in [2.75, 3.05) is 0 Å². The number of ketones is 1. The van der Waals surface area contributed by atoms with Gasteiger partial charge in [-0.15, -0.1) is 17.9 Å². The maximum Gasteiger partial charge on any atom is 0.138 e. The monoisotopic (exact) mass is 180 g/mol. The Kier molecular flexibility index (Phi) is 3.74. The van der Waals surface area contributed by atoms with Crippen LogP contribution in [-0.2, 0) is 11.2 Å². The van der Waals surface area contributed by atoms with Gasteiger partial charge in [-0.3, -0.25) is 4.79 Å². The van der Waals surface area contributed by atoms with Crippen molar-refractivity contribution >= 4 is 17.1 Å². The van der Waals surface area contributed by atoms with Crippen LogP contribution in [0, 0.1) is 0 Å². The lowest BCUT2D eigenvalue weighted by atomic mass is 10.1. The topological polar surface area (TPSA) is 17.1 Å². The molecule has 0 amide bonds. The van der Waals surface area contributed by atoms with E-state index in [-0.39, 0.29) is 0 Å². The average molecular weight is 180 g/mol. The highest BCUT2D eigenvalue weighted by atomic mass is 32.1. The van der Waals surface area contributed by atoms with Crippen LogP contribution in [0.4, 0.5) is 0 Å². The first-order chi connectivity index (χ1) is 5.83. The molecular weight excluding hydrogens is 168 g/mol. The highest BCUT2D eigenvalue weighted by molar-refractivity contribution is 7.10. The van der Waals surface area contributed by atoms with Gasteiger partial charge in [-0.05, 0) is 17.9 Å². The van der Waals surface area contributed by atoms with Crippen molar-refractivity contribution in [1.82, 2.24) is 0 Å². The highest BCUT2D eigenvalue weighted by Crippen LogP contribution is 2.10. The Bertz CT molecular complexity index is 249. The summed E-state index contributed by atoms with van der Waals surface area (Å²) in [6.07, 6.45) is 3.80. The number of carbonyl (C=O) groups excluding carboxylic acids is 1. The van der Waals surface area contributed by atoms with Crippen molar-refractivity contribution < 1.29 is 4.79 Å². The quantitative estimate of drug-likeness (QED) is 0.637. The zero-order chi connectivity index (χ0) is 8.81. The summed E-state index contributed by atoms with van der Waals surface area (Å²) in [4.78, 5) is 12.4. The van der Waals surface area contributed by atoms with Gasteiger partial charge < -0.3 is 0 Å². The van der Waals surface area contributed by atoms with Crippen LogP contribution >= 0.6 is 11.3 Å². The Morgan fingerprint density at radius 1 is 1.67 bits per heavy atom. The molecule has 64 valence electrons. The standard InChI is InChI=1S/C10H12OS/c1-2-3-5-9(11)8-10-6-4-7-12-10/h2,4,6-7H,1,3,5,8H2. The fraction of sp³-hybridized carbons (Fsp3) is 0.300. The molecule has 0 aliphatic rings. The van der Waals surface area contributed by atoms with Crippen molar-refractivity contribution in [3.05, 3.63) is 35.0 Å². The minimum Gasteiger partial charge on any atom is -0.299 e. The van der Waals surface area contributed by atoms with Crippen molar-refractivity contribution in [3.63, 3.8) is 0 Å². The zero-order valence-electron chi connectivity index (χ0n) is 6.95. The lowest BCUT2D eigenvalue weighted by Gasteiger charge is -1.94. The molecule has 0 fully saturated rings. The molecule has 0 unspecified atom stereocenters. The van der Waals surface area contributed by atoms with Gasteiger partial charge in [0.05, 0.1) is 0 Å². The Morgan fingerprint density at radius 3 is 3.08 bits per heavy atom. The van der Waals surface area contributed by atoms with Crippen LogP contribution < -0.4 is 0 Å². The summed E-state index contributed by atoms with van der Waals surface area (Å²) in [7, 11) is 0. The molecule has 0 saturated heterocycles. The molecule has 1 aromatic rings. The van der Waals surface area contributed by atoms with Crippen molar-refractivity contribution in [2.45, 2.75) is 19.3 Å². The van der Waals surface area contributed by atoms with E-state index in [2.05, 4.69) is 6.58 Å². The maximum atomic E-state index is 11.2. The van der Waals surface area contributed by atoms with E-state index in [1.165, 1.54) is 0 Å². The molecule has 0 aliphatic carbocycles. The van der Waals surface area contributed by atoms with Gasteiger partial charge >= 0.3 is 0 Å². The van der Waals surface area contributed by atoms with Crippen LogP contribution in [0.1, 0.15) is 17.7 Å². The molecule has 0 radical (unpaired) electrons. The Morgan fingerprint density at radius 2 is 2.50 bits per heavy atom. The molecule has 1 aromatic heterocycles. The first-order valence-corrected chi connectivity index (χ1v) is 4.86. The van der Waals surface area contributed by atoms with Gasteiger partial charge in [-0.2, -0.15) is 0 Å². The summed E-state index contributed by atoms with van der Waals surface area (Å²) in [6, 6.07) is 3.97. The van der Waals surface area contributed by atoms with E-state index in [0.29, 0.717) is 18.6 Å². The smallest absolute Gasteiger partial charge is 0.138 e. The van der Waals surface area contributed by atoms with E-state index < -0.39 is 0 Å². The summed E-state index contributed by atoms with van der Waals surface area (Å²) >= 11 is 1.64. The molecule has 0 N–H and O–H groups in total. The number of thiophene rings is 1. The first kappa shape index (κ1) is 9.20.